The molecule has 0 aromatic carbocycles. The molecular formula is C39H68O3Si2. The normalized spacial score (nSPS) is 34.2. The summed E-state index contributed by atoms with van der Waals surface area (Å²) < 4.78 is 14.2. The smallest absolute Gasteiger partial charge is 0.192 e. The summed E-state index contributed by atoms with van der Waals surface area (Å²) in [6, 6.07) is 0. The van der Waals surface area contributed by atoms with Gasteiger partial charge in [0.15, 0.2) is 16.6 Å². The molecule has 0 amide bonds. The van der Waals surface area contributed by atoms with Crippen molar-refractivity contribution in [2.75, 3.05) is 0 Å². The third-order valence-electron chi connectivity index (χ3n) is 13.1. The summed E-state index contributed by atoms with van der Waals surface area (Å²) >= 11 is 0. The fourth-order valence-corrected chi connectivity index (χ4v) is 10.6. The fraction of sp³-hybridized carbons (Fsp3) is 0.795. The summed E-state index contributed by atoms with van der Waals surface area (Å²) in [5.74, 6) is 2.35. The van der Waals surface area contributed by atoms with E-state index in [4.69, 9.17) is 8.85 Å². The lowest BCUT2D eigenvalue weighted by Crippen LogP contribution is -2.49. The molecule has 4 aliphatic carbocycles. The number of fused-ring (bicyclic) bond motifs is 1. The SMILES string of the molecule is C=C1/C(=C\C=C2\CCC[C@]3(C)[C@@H]([C@H](C)/C=C/[C@H](O)C4CC4)CC[C@@H]23)C[C@@H](O[Si](C)(C)C(C)(C)C)CC1O[Si](C)(C)C(C)(C)C. The van der Waals surface area contributed by atoms with Gasteiger partial charge in [0.05, 0.1) is 18.3 Å². The van der Waals surface area contributed by atoms with Gasteiger partial charge in [-0.25, -0.2) is 0 Å². The highest BCUT2D eigenvalue weighted by Crippen LogP contribution is 2.59. The minimum absolute atomic E-state index is 0.0233. The van der Waals surface area contributed by atoms with Crippen molar-refractivity contribution < 1.29 is 14.0 Å². The molecule has 4 fully saturated rings. The molecule has 0 bridgehead atoms. The Morgan fingerprint density at radius 3 is 2.11 bits per heavy atom. The van der Waals surface area contributed by atoms with Crippen LogP contribution in [0.15, 0.2) is 47.6 Å². The zero-order valence-corrected chi connectivity index (χ0v) is 32.7. The van der Waals surface area contributed by atoms with Gasteiger partial charge in [0.1, 0.15) is 0 Å². The Hall–Kier alpha value is -0.726. The molecule has 4 rings (SSSR count). The van der Waals surface area contributed by atoms with E-state index in [1.54, 1.807) is 5.57 Å². The van der Waals surface area contributed by atoms with Gasteiger partial charge in [-0.05, 0) is 128 Å². The van der Waals surface area contributed by atoms with Crippen molar-refractivity contribution in [3.8, 4) is 0 Å². The van der Waals surface area contributed by atoms with Crippen LogP contribution in [0.4, 0.5) is 0 Å². The maximum Gasteiger partial charge on any atom is 0.192 e. The van der Waals surface area contributed by atoms with Crippen molar-refractivity contribution >= 4 is 16.6 Å². The van der Waals surface area contributed by atoms with Crippen LogP contribution in [0.2, 0.25) is 36.3 Å². The molecule has 44 heavy (non-hydrogen) atoms. The first-order chi connectivity index (χ1) is 20.2. The van der Waals surface area contributed by atoms with Gasteiger partial charge in [-0.2, -0.15) is 0 Å². The van der Waals surface area contributed by atoms with Crippen molar-refractivity contribution in [1.82, 2.24) is 0 Å². The van der Waals surface area contributed by atoms with Crippen LogP contribution in [-0.4, -0.2) is 40.1 Å². The maximum atomic E-state index is 10.5. The van der Waals surface area contributed by atoms with Crippen LogP contribution in [0.1, 0.15) is 113 Å². The second-order valence-electron chi connectivity index (χ2n) is 18.4. The zero-order chi connectivity index (χ0) is 32.9. The summed E-state index contributed by atoms with van der Waals surface area (Å²) in [5, 5.41) is 10.8. The molecule has 0 heterocycles. The quantitative estimate of drug-likeness (QED) is 0.201. The van der Waals surface area contributed by atoms with E-state index in [0.717, 1.165) is 12.8 Å². The Kier molecular flexibility index (Phi) is 10.7. The van der Waals surface area contributed by atoms with Crippen molar-refractivity contribution in [2.24, 2.45) is 29.1 Å². The third-order valence-corrected chi connectivity index (χ3v) is 22.1. The second-order valence-corrected chi connectivity index (χ2v) is 27.9. The molecule has 3 nitrogen and oxygen atoms in total. The molecule has 250 valence electrons. The highest BCUT2D eigenvalue weighted by Gasteiger charge is 2.50. The number of allylic oxidation sites excluding steroid dienone is 4. The number of hydrogen-bond donors (Lipinski definition) is 1. The van der Waals surface area contributed by atoms with Gasteiger partial charge < -0.3 is 14.0 Å². The number of rotatable bonds is 9. The lowest BCUT2D eigenvalue weighted by Gasteiger charge is -2.45. The summed E-state index contributed by atoms with van der Waals surface area (Å²) in [5.41, 5.74) is 4.49. The van der Waals surface area contributed by atoms with Gasteiger partial charge >= 0.3 is 0 Å². The molecule has 4 aliphatic rings. The largest absolute Gasteiger partial charge is 0.413 e. The van der Waals surface area contributed by atoms with Gasteiger partial charge in [0.2, 0.25) is 0 Å². The van der Waals surface area contributed by atoms with Crippen LogP contribution in [0.3, 0.4) is 0 Å². The molecule has 1 N–H and O–H groups in total. The highest BCUT2D eigenvalue weighted by atomic mass is 28.4. The number of aliphatic hydroxyl groups excluding tert-OH is 1. The molecule has 0 saturated heterocycles. The molecule has 0 radical (unpaired) electrons. The van der Waals surface area contributed by atoms with Crippen molar-refractivity contribution in [1.29, 1.82) is 0 Å². The minimum atomic E-state index is -1.98. The van der Waals surface area contributed by atoms with Gasteiger partial charge in [0.25, 0.3) is 0 Å². The van der Waals surface area contributed by atoms with E-state index in [0.29, 0.717) is 29.1 Å². The Morgan fingerprint density at radius 1 is 0.909 bits per heavy atom. The summed E-state index contributed by atoms with van der Waals surface area (Å²) in [6.07, 6.45) is 19.9. The number of hydrogen-bond acceptors (Lipinski definition) is 3. The summed E-state index contributed by atoms with van der Waals surface area (Å²) in [6.45, 7) is 33.2. The van der Waals surface area contributed by atoms with Crippen molar-refractivity contribution in [2.45, 2.75) is 168 Å². The Balaban J connectivity index is 1.57. The second kappa shape index (κ2) is 13.1. The molecule has 0 spiro atoms. The lowest BCUT2D eigenvalue weighted by molar-refractivity contribution is 0.0969. The van der Waals surface area contributed by atoms with Gasteiger partial charge in [-0.3, -0.25) is 0 Å². The molecule has 5 heteroatoms. The Morgan fingerprint density at radius 2 is 1.52 bits per heavy atom. The highest BCUT2D eigenvalue weighted by molar-refractivity contribution is 6.74. The minimum Gasteiger partial charge on any atom is -0.413 e. The first-order valence-electron chi connectivity index (χ1n) is 18.0. The van der Waals surface area contributed by atoms with E-state index < -0.39 is 16.6 Å². The molecular weight excluding hydrogens is 573 g/mol. The molecule has 0 aromatic rings. The van der Waals surface area contributed by atoms with E-state index in [1.165, 1.54) is 56.1 Å². The Labute approximate surface area is 274 Å². The summed E-state index contributed by atoms with van der Waals surface area (Å²) in [4.78, 5) is 0. The van der Waals surface area contributed by atoms with Crippen molar-refractivity contribution in [3.05, 3.63) is 47.6 Å². The third kappa shape index (κ3) is 7.86. The van der Waals surface area contributed by atoms with Crippen LogP contribution in [0.5, 0.6) is 0 Å². The van der Waals surface area contributed by atoms with Gasteiger partial charge in [-0.15, -0.1) is 0 Å². The van der Waals surface area contributed by atoms with Crippen LogP contribution in [-0.2, 0) is 8.85 Å². The van der Waals surface area contributed by atoms with Crippen molar-refractivity contribution in [3.63, 3.8) is 0 Å². The maximum absolute atomic E-state index is 10.5. The van der Waals surface area contributed by atoms with Crippen LogP contribution in [0.25, 0.3) is 0 Å². The molecule has 0 aromatic heterocycles. The number of aliphatic hydroxyl groups is 1. The average molecular weight is 641 g/mol. The first kappa shape index (κ1) is 36.1. The standard InChI is InChI=1S/C39H68O3Si2/c1-27(16-23-35(40)30-18-19-30)33-21-22-34-29(15-14-24-39(33,34)9)17-20-31-25-32(41-43(10,11)37(3,4)5)26-36(28(31)2)42-44(12,13)38(6,7)8/h16-17,20,23,27,30,32-36,40H,2,14-15,18-19,21-22,24-26H2,1,3-13H3/b23-16+,29-17-,31-20-/t27-,32-,33-,34+,35+,36?,39-/m1/s1. The molecule has 1 unspecified atom stereocenters. The molecule has 0 aliphatic heterocycles. The van der Waals surface area contributed by atoms with Crippen LogP contribution < -0.4 is 0 Å². The predicted molar refractivity (Wildman–Crippen MR) is 194 cm³/mol. The van der Waals surface area contributed by atoms with Gasteiger partial charge in [-0.1, -0.05) is 91.8 Å². The van der Waals surface area contributed by atoms with E-state index >= 15 is 0 Å². The van der Waals surface area contributed by atoms with E-state index in [2.05, 4.69) is 112 Å². The molecule has 7 atom stereocenters. The Bertz CT molecular complexity index is 1130. The topological polar surface area (TPSA) is 38.7 Å². The van der Waals surface area contributed by atoms with Crippen LogP contribution >= 0.6 is 0 Å². The fourth-order valence-electron chi connectivity index (χ4n) is 7.93. The first-order valence-corrected chi connectivity index (χ1v) is 23.8. The lowest BCUT2D eigenvalue weighted by atomic mass is 9.61. The van der Waals surface area contributed by atoms with Gasteiger partial charge in [0, 0.05) is 6.42 Å². The van der Waals surface area contributed by atoms with E-state index in [9.17, 15) is 5.11 Å². The summed E-state index contributed by atoms with van der Waals surface area (Å²) in [7, 11) is -3.90. The van der Waals surface area contributed by atoms with E-state index in [-0.39, 0.29) is 28.4 Å². The average Bonchev–Trinajstić information content (AvgIpc) is 3.68. The predicted octanol–water partition coefficient (Wildman–Crippen LogP) is 11.1. The van der Waals surface area contributed by atoms with Crippen LogP contribution in [0, 0.1) is 29.1 Å². The monoisotopic (exact) mass is 640 g/mol. The molecule has 4 saturated carbocycles. The zero-order valence-electron chi connectivity index (χ0n) is 30.7. The van der Waals surface area contributed by atoms with E-state index in [1.807, 2.05) is 0 Å².